The molecule has 0 saturated heterocycles. The number of hydrogen-bond donors (Lipinski definition) is 0. The first-order chi connectivity index (χ1) is 16.0. The Balaban J connectivity index is 1.69. The summed E-state index contributed by atoms with van der Waals surface area (Å²) in [7, 11) is 0. The van der Waals surface area contributed by atoms with Crippen LogP contribution in [0.2, 0.25) is 0 Å². The molecule has 0 unspecified atom stereocenters. The van der Waals surface area contributed by atoms with Crippen molar-refractivity contribution in [1.82, 2.24) is 9.55 Å². The summed E-state index contributed by atoms with van der Waals surface area (Å²) in [5.74, 6) is 0.252. The molecule has 0 radical (unpaired) electrons. The van der Waals surface area contributed by atoms with Gasteiger partial charge in [0.15, 0.2) is 0 Å². The molecule has 6 heteroatoms. The average Bonchev–Trinajstić information content (AvgIpc) is 3.06. The highest BCUT2D eigenvalue weighted by molar-refractivity contribution is 9.10. The molecule has 166 valence electrons. The highest BCUT2D eigenvalue weighted by atomic mass is 79.9. The van der Waals surface area contributed by atoms with Crippen LogP contribution in [-0.2, 0) is 11.2 Å². The molecule has 0 N–H and O–H groups in total. The molecule has 3 aromatic carbocycles. The minimum absolute atomic E-state index is 0.0582. The van der Waals surface area contributed by atoms with E-state index in [-0.39, 0.29) is 11.5 Å². The third-order valence-corrected chi connectivity index (χ3v) is 6.68. The molecule has 1 aromatic heterocycles. The lowest BCUT2D eigenvalue weighted by atomic mass is 9.96. The molecule has 1 aliphatic heterocycles. The van der Waals surface area contributed by atoms with E-state index in [0.29, 0.717) is 29.7 Å². The van der Waals surface area contributed by atoms with Gasteiger partial charge < -0.3 is 4.90 Å². The summed E-state index contributed by atoms with van der Waals surface area (Å²) in [6.45, 7) is 4.75. The molecule has 0 saturated carbocycles. The number of halogens is 1. The molecule has 1 atom stereocenters. The standard InChI is InChI=1S/C27H24BrN3O2/c1-3-14-30-24-13-10-18(28)15-21(24)22(26(30)32)16-25-29-23-7-5-4-6-20(23)27(33)31(25)19-11-8-17(2)9-12-19/h4-13,15,22H,3,14,16H2,1-2H3/t22-/m1/s1. The number of amides is 1. The van der Waals surface area contributed by atoms with Crippen molar-refractivity contribution in [1.29, 1.82) is 0 Å². The summed E-state index contributed by atoms with van der Waals surface area (Å²) in [5.41, 5.74) is 4.31. The molecule has 5 nitrogen and oxygen atoms in total. The second-order valence-corrected chi connectivity index (χ2v) is 9.39. The van der Waals surface area contributed by atoms with Crippen molar-refractivity contribution >= 4 is 38.4 Å². The Labute approximate surface area is 200 Å². The maximum atomic E-state index is 13.6. The number of anilines is 1. The number of fused-ring (bicyclic) bond motifs is 2. The molecule has 5 rings (SSSR count). The predicted molar refractivity (Wildman–Crippen MR) is 135 cm³/mol. The van der Waals surface area contributed by atoms with Crippen LogP contribution in [0.15, 0.2) is 76.0 Å². The van der Waals surface area contributed by atoms with Crippen molar-refractivity contribution in [2.75, 3.05) is 11.4 Å². The molecule has 0 fully saturated rings. The van der Waals surface area contributed by atoms with Crippen molar-refractivity contribution in [2.45, 2.75) is 32.6 Å². The van der Waals surface area contributed by atoms with Gasteiger partial charge in [-0.1, -0.05) is 52.7 Å². The van der Waals surface area contributed by atoms with Gasteiger partial charge >= 0.3 is 0 Å². The Hall–Kier alpha value is -3.25. The van der Waals surface area contributed by atoms with Gasteiger partial charge in [0.2, 0.25) is 5.91 Å². The van der Waals surface area contributed by atoms with Crippen molar-refractivity contribution in [3.05, 3.63) is 98.5 Å². The number of carbonyl (C=O) groups excluding carboxylic acids is 1. The fourth-order valence-electron chi connectivity index (χ4n) is 4.60. The largest absolute Gasteiger partial charge is 0.312 e. The topological polar surface area (TPSA) is 55.2 Å². The lowest BCUT2D eigenvalue weighted by molar-refractivity contribution is -0.119. The number of carbonyl (C=O) groups is 1. The van der Waals surface area contributed by atoms with E-state index in [9.17, 15) is 9.59 Å². The van der Waals surface area contributed by atoms with Gasteiger partial charge in [0.25, 0.3) is 5.56 Å². The maximum Gasteiger partial charge on any atom is 0.265 e. The van der Waals surface area contributed by atoms with E-state index >= 15 is 0 Å². The van der Waals surface area contributed by atoms with E-state index in [2.05, 4.69) is 22.9 Å². The van der Waals surface area contributed by atoms with Gasteiger partial charge in [-0.2, -0.15) is 0 Å². The van der Waals surface area contributed by atoms with Crippen molar-refractivity contribution in [3.8, 4) is 5.69 Å². The minimum atomic E-state index is -0.395. The zero-order valence-electron chi connectivity index (χ0n) is 18.6. The summed E-state index contributed by atoms with van der Waals surface area (Å²) < 4.78 is 2.59. The normalized spacial score (nSPS) is 15.3. The SMILES string of the molecule is CCCN1C(=O)[C@H](Cc2nc3ccccc3c(=O)n2-c2ccc(C)cc2)c2cc(Br)ccc21. The number of benzene rings is 3. The third-order valence-electron chi connectivity index (χ3n) is 6.19. The van der Waals surface area contributed by atoms with Crippen LogP contribution >= 0.6 is 15.9 Å². The molecular formula is C27H24BrN3O2. The van der Waals surface area contributed by atoms with Gasteiger partial charge in [-0.3, -0.25) is 14.2 Å². The molecule has 33 heavy (non-hydrogen) atoms. The van der Waals surface area contributed by atoms with Crippen LogP contribution < -0.4 is 10.5 Å². The second kappa shape index (κ2) is 8.60. The van der Waals surface area contributed by atoms with Gasteiger partial charge in [-0.25, -0.2) is 4.98 Å². The highest BCUT2D eigenvalue weighted by Crippen LogP contribution is 2.40. The Morgan fingerprint density at radius 1 is 1.00 bits per heavy atom. The van der Waals surface area contributed by atoms with E-state index < -0.39 is 5.92 Å². The zero-order valence-corrected chi connectivity index (χ0v) is 20.2. The molecule has 0 spiro atoms. The summed E-state index contributed by atoms with van der Waals surface area (Å²) in [5, 5.41) is 0.565. The van der Waals surface area contributed by atoms with Gasteiger partial charge in [0, 0.05) is 23.1 Å². The molecule has 1 aliphatic rings. The molecule has 1 amide bonds. The predicted octanol–water partition coefficient (Wildman–Crippen LogP) is 5.54. The summed E-state index contributed by atoms with van der Waals surface area (Å²) in [4.78, 5) is 33.8. The molecule has 0 aliphatic carbocycles. The Morgan fingerprint density at radius 2 is 1.76 bits per heavy atom. The first kappa shape index (κ1) is 21.6. The number of rotatable bonds is 5. The monoisotopic (exact) mass is 501 g/mol. The van der Waals surface area contributed by atoms with Crippen LogP contribution in [0.3, 0.4) is 0 Å². The van der Waals surface area contributed by atoms with Crippen molar-refractivity contribution < 1.29 is 4.79 Å². The van der Waals surface area contributed by atoms with Crippen molar-refractivity contribution in [2.24, 2.45) is 0 Å². The number of hydrogen-bond acceptors (Lipinski definition) is 3. The van der Waals surface area contributed by atoms with Gasteiger partial charge in [-0.05, 0) is 61.4 Å². The lowest BCUT2D eigenvalue weighted by Gasteiger charge is -2.18. The Morgan fingerprint density at radius 3 is 2.52 bits per heavy atom. The molecule has 2 heterocycles. The number of aromatic nitrogens is 2. The fraction of sp³-hybridized carbons (Fsp3) is 0.222. The van der Waals surface area contributed by atoms with Crippen LogP contribution in [0.25, 0.3) is 16.6 Å². The Kier molecular flexibility index (Phi) is 5.62. The summed E-state index contributed by atoms with van der Waals surface area (Å²) in [6.07, 6.45) is 1.21. The zero-order chi connectivity index (χ0) is 23.1. The van der Waals surface area contributed by atoms with Crippen LogP contribution in [0.5, 0.6) is 0 Å². The Bertz CT molecular complexity index is 1430. The number of nitrogens with zero attached hydrogens (tertiary/aromatic N) is 3. The molecule has 0 bridgehead atoms. The van der Waals surface area contributed by atoms with Gasteiger partial charge in [-0.15, -0.1) is 0 Å². The van der Waals surface area contributed by atoms with Gasteiger partial charge in [0.05, 0.1) is 22.5 Å². The fourth-order valence-corrected chi connectivity index (χ4v) is 4.98. The minimum Gasteiger partial charge on any atom is -0.312 e. The lowest BCUT2D eigenvalue weighted by Crippen LogP contribution is -2.31. The third kappa shape index (κ3) is 3.78. The first-order valence-electron chi connectivity index (χ1n) is 11.2. The molecular weight excluding hydrogens is 478 g/mol. The first-order valence-corrected chi connectivity index (χ1v) is 12.0. The van der Waals surface area contributed by atoms with Crippen LogP contribution in [-0.4, -0.2) is 22.0 Å². The van der Waals surface area contributed by atoms with Crippen LogP contribution in [0, 0.1) is 6.92 Å². The summed E-state index contributed by atoms with van der Waals surface area (Å²) in [6, 6.07) is 21.2. The van der Waals surface area contributed by atoms with Crippen LogP contribution in [0.4, 0.5) is 5.69 Å². The maximum absolute atomic E-state index is 13.6. The average molecular weight is 502 g/mol. The van der Waals surface area contributed by atoms with E-state index in [0.717, 1.165) is 33.4 Å². The van der Waals surface area contributed by atoms with E-state index in [1.165, 1.54) is 0 Å². The van der Waals surface area contributed by atoms with Gasteiger partial charge in [0.1, 0.15) is 5.82 Å². The van der Waals surface area contributed by atoms with Crippen molar-refractivity contribution in [3.63, 3.8) is 0 Å². The van der Waals surface area contributed by atoms with E-state index in [1.54, 1.807) is 10.6 Å². The summed E-state index contributed by atoms with van der Waals surface area (Å²) >= 11 is 3.56. The quantitative estimate of drug-likeness (QED) is 0.360. The van der Waals surface area contributed by atoms with Crippen LogP contribution in [0.1, 0.15) is 36.2 Å². The smallest absolute Gasteiger partial charge is 0.265 e. The molecule has 4 aromatic rings. The van der Waals surface area contributed by atoms with E-state index in [4.69, 9.17) is 4.98 Å². The highest BCUT2D eigenvalue weighted by Gasteiger charge is 2.38. The second-order valence-electron chi connectivity index (χ2n) is 8.47. The number of aryl methyl sites for hydroxylation is 1. The number of para-hydroxylation sites is 1. The van der Waals surface area contributed by atoms with E-state index in [1.807, 2.05) is 72.5 Å².